The first kappa shape index (κ1) is 9.57. The molecule has 4 nitrogen and oxygen atoms in total. The van der Waals surface area contributed by atoms with Crippen LogP contribution in [0.1, 0.15) is 10.4 Å². The first-order chi connectivity index (χ1) is 7.03. The van der Waals surface area contributed by atoms with Crippen LogP contribution in [0.5, 0.6) is 5.75 Å². The fraction of sp³-hybridized carbons (Fsp3) is 0.111. The zero-order chi connectivity index (χ0) is 11.1. The molecule has 6 heteroatoms. The molecule has 1 heterocycles. The van der Waals surface area contributed by atoms with Crippen molar-refractivity contribution < 1.29 is 23.1 Å². The third-order valence-corrected chi connectivity index (χ3v) is 1.89. The molecule has 0 saturated heterocycles. The van der Waals surface area contributed by atoms with Gasteiger partial charge in [0.05, 0.1) is 5.69 Å². The molecule has 1 aromatic carbocycles. The number of amides is 1. The molecule has 1 aromatic rings. The van der Waals surface area contributed by atoms with Crippen molar-refractivity contribution in [1.29, 1.82) is 0 Å². The Morgan fingerprint density at radius 3 is 2.80 bits per heavy atom. The number of alkyl halides is 2. The van der Waals surface area contributed by atoms with Gasteiger partial charge in [0.2, 0.25) is 0 Å². The molecule has 0 saturated carbocycles. The molecule has 0 spiro atoms. The average molecular weight is 213 g/mol. The summed E-state index contributed by atoms with van der Waals surface area (Å²) in [6.07, 6.45) is -3.40. The summed E-state index contributed by atoms with van der Waals surface area (Å²) in [5.74, 6) is -1.74. The SMILES string of the molecule is O=Cc1ccc2c(c1)OC(F)(F)C(=O)N2. The molecule has 78 valence electrons. The molecule has 0 fully saturated rings. The molecule has 0 aliphatic carbocycles. The highest BCUT2D eigenvalue weighted by atomic mass is 19.3. The molecule has 0 bridgehead atoms. The number of aldehydes is 1. The second-order valence-corrected chi connectivity index (χ2v) is 2.95. The minimum atomic E-state index is -3.89. The third kappa shape index (κ3) is 1.54. The Labute approximate surface area is 82.8 Å². The van der Waals surface area contributed by atoms with E-state index >= 15 is 0 Å². The van der Waals surface area contributed by atoms with Crippen molar-refractivity contribution in [2.75, 3.05) is 5.32 Å². The number of halogens is 2. The Kier molecular flexibility index (Phi) is 1.92. The highest BCUT2D eigenvalue weighted by Crippen LogP contribution is 2.35. The van der Waals surface area contributed by atoms with E-state index in [1.165, 1.54) is 12.1 Å². The molecule has 1 N–H and O–H groups in total. The van der Waals surface area contributed by atoms with Gasteiger partial charge in [-0.05, 0) is 18.2 Å². The topological polar surface area (TPSA) is 55.4 Å². The lowest BCUT2D eigenvalue weighted by atomic mass is 10.2. The molecular formula is C9H5F2NO3. The van der Waals surface area contributed by atoms with E-state index in [0.717, 1.165) is 6.07 Å². The van der Waals surface area contributed by atoms with Gasteiger partial charge in [0.15, 0.2) is 5.75 Å². The minimum absolute atomic E-state index is 0.122. The highest BCUT2D eigenvalue weighted by molar-refractivity contribution is 5.99. The van der Waals surface area contributed by atoms with Crippen LogP contribution in [0.25, 0.3) is 0 Å². The van der Waals surface area contributed by atoms with Gasteiger partial charge in [-0.15, -0.1) is 0 Å². The maximum absolute atomic E-state index is 12.8. The van der Waals surface area contributed by atoms with E-state index in [-0.39, 0.29) is 17.0 Å². The first-order valence-corrected chi connectivity index (χ1v) is 4.00. The molecule has 0 radical (unpaired) electrons. The fourth-order valence-corrected chi connectivity index (χ4v) is 1.18. The van der Waals surface area contributed by atoms with Crippen molar-refractivity contribution in [2.45, 2.75) is 6.11 Å². The van der Waals surface area contributed by atoms with E-state index in [4.69, 9.17) is 0 Å². The Balaban J connectivity index is 2.46. The normalized spacial score (nSPS) is 17.3. The number of hydrogen-bond donors (Lipinski definition) is 1. The lowest BCUT2D eigenvalue weighted by Gasteiger charge is -2.24. The smallest absolute Gasteiger partial charge is 0.423 e. The number of carbonyl (C=O) groups is 2. The summed E-state index contributed by atoms with van der Waals surface area (Å²) >= 11 is 0. The van der Waals surface area contributed by atoms with E-state index in [1.54, 1.807) is 0 Å². The Morgan fingerprint density at radius 2 is 2.13 bits per heavy atom. The molecule has 1 amide bonds. The maximum atomic E-state index is 12.8. The second kappa shape index (κ2) is 3.01. The Hall–Kier alpha value is -1.98. The van der Waals surface area contributed by atoms with Gasteiger partial charge in [0, 0.05) is 5.56 Å². The molecule has 2 rings (SSSR count). The predicted octanol–water partition coefficient (Wildman–Crippen LogP) is 1.42. The zero-order valence-electron chi connectivity index (χ0n) is 7.29. The zero-order valence-corrected chi connectivity index (χ0v) is 7.29. The van der Waals surface area contributed by atoms with Gasteiger partial charge in [0.1, 0.15) is 6.29 Å². The summed E-state index contributed by atoms with van der Waals surface area (Å²) < 4.78 is 29.7. The monoisotopic (exact) mass is 213 g/mol. The van der Waals surface area contributed by atoms with E-state index < -0.39 is 12.0 Å². The predicted molar refractivity (Wildman–Crippen MR) is 46.0 cm³/mol. The van der Waals surface area contributed by atoms with Crippen molar-refractivity contribution in [3.63, 3.8) is 0 Å². The number of nitrogens with one attached hydrogen (secondary N) is 1. The minimum Gasteiger partial charge on any atom is -0.423 e. The van der Waals surface area contributed by atoms with E-state index in [0.29, 0.717) is 6.29 Å². The van der Waals surface area contributed by atoms with E-state index in [9.17, 15) is 18.4 Å². The quantitative estimate of drug-likeness (QED) is 0.718. The van der Waals surface area contributed by atoms with Crippen LogP contribution in [-0.2, 0) is 4.79 Å². The lowest BCUT2D eigenvalue weighted by molar-refractivity contribution is -0.189. The Bertz CT molecular complexity index is 445. The highest BCUT2D eigenvalue weighted by Gasteiger charge is 2.46. The summed E-state index contributed by atoms with van der Waals surface area (Å²) in [5, 5.41) is 1.97. The van der Waals surface area contributed by atoms with E-state index in [2.05, 4.69) is 4.74 Å². The number of benzene rings is 1. The fourth-order valence-electron chi connectivity index (χ4n) is 1.18. The van der Waals surface area contributed by atoms with Gasteiger partial charge in [0.25, 0.3) is 0 Å². The Morgan fingerprint density at radius 1 is 1.40 bits per heavy atom. The van der Waals surface area contributed by atoms with Crippen LogP contribution in [-0.4, -0.2) is 18.3 Å². The average Bonchev–Trinajstić information content (AvgIpc) is 2.18. The number of fused-ring (bicyclic) bond motifs is 1. The van der Waals surface area contributed by atoms with Crippen LogP contribution in [0.3, 0.4) is 0 Å². The number of anilines is 1. The summed E-state index contributed by atoms with van der Waals surface area (Å²) in [6.45, 7) is 0. The summed E-state index contributed by atoms with van der Waals surface area (Å²) in [7, 11) is 0. The van der Waals surface area contributed by atoms with Gasteiger partial charge in [-0.3, -0.25) is 9.59 Å². The molecule has 1 aliphatic heterocycles. The van der Waals surface area contributed by atoms with Gasteiger partial charge in [-0.2, -0.15) is 8.78 Å². The molecule has 0 unspecified atom stereocenters. The van der Waals surface area contributed by atoms with Gasteiger partial charge in [-0.1, -0.05) is 0 Å². The van der Waals surface area contributed by atoms with Crippen molar-refractivity contribution in [1.82, 2.24) is 0 Å². The molecule has 0 aromatic heterocycles. The van der Waals surface area contributed by atoms with Crippen LogP contribution < -0.4 is 10.1 Å². The molecule has 0 atom stereocenters. The largest absolute Gasteiger partial charge is 0.482 e. The maximum Gasteiger partial charge on any atom is 0.482 e. The summed E-state index contributed by atoms with van der Waals surface area (Å²) in [4.78, 5) is 21.2. The number of hydrogen-bond acceptors (Lipinski definition) is 3. The number of carbonyl (C=O) groups excluding carboxylic acids is 2. The van der Waals surface area contributed by atoms with Crippen LogP contribution in [0.4, 0.5) is 14.5 Å². The summed E-state index contributed by atoms with van der Waals surface area (Å²) in [6, 6.07) is 3.85. The van der Waals surface area contributed by atoms with Crippen molar-refractivity contribution in [3.05, 3.63) is 23.8 Å². The first-order valence-electron chi connectivity index (χ1n) is 4.00. The number of ether oxygens (including phenoxy) is 1. The lowest BCUT2D eigenvalue weighted by Crippen LogP contribution is -2.43. The van der Waals surface area contributed by atoms with Crippen molar-refractivity contribution in [3.8, 4) is 5.75 Å². The van der Waals surface area contributed by atoms with Crippen molar-refractivity contribution >= 4 is 17.9 Å². The van der Waals surface area contributed by atoms with Gasteiger partial charge < -0.3 is 10.1 Å². The van der Waals surface area contributed by atoms with Crippen LogP contribution in [0.15, 0.2) is 18.2 Å². The van der Waals surface area contributed by atoms with Gasteiger partial charge in [-0.25, -0.2) is 0 Å². The third-order valence-electron chi connectivity index (χ3n) is 1.89. The van der Waals surface area contributed by atoms with Gasteiger partial charge >= 0.3 is 12.0 Å². The van der Waals surface area contributed by atoms with E-state index in [1.807, 2.05) is 5.32 Å². The molecule has 1 aliphatic rings. The van der Waals surface area contributed by atoms with Crippen LogP contribution in [0, 0.1) is 0 Å². The van der Waals surface area contributed by atoms with Crippen LogP contribution >= 0.6 is 0 Å². The summed E-state index contributed by atoms with van der Waals surface area (Å²) in [5.41, 5.74) is 0.317. The standard InChI is InChI=1S/C9H5F2NO3/c10-9(11)8(14)12-6-2-1-5(4-13)3-7(6)15-9/h1-4H,(H,12,14). The second-order valence-electron chi connectivity index (χ2n) is 2.95. The molecule has 15 heavy (non-hydrogen) atoms. The molecular weight excluding hydrogens is 208 g/mol. The number of rotatable bonds is 1. The van der Waals surface area contributed by atoms with Crippen LogP contribution in [0.2, 0.25) is 0 Å². The van der Waals surface area contributed by atoms with Crippen molar-refractivity contribution in [2.24, 2.45) is 0 Å².